The molecule has 0 atom stereocenters. The van der Waals surface area contributed by atoms with Crippen molar-refractivity contribution >= 4 is 23.6 Å². The third-order valence-corrected chi connectivity index (χ3v) is 5.11. The zero-order valence-corrected chi connectivity index (χ0v) is 16.3. The molecule has 1 saturated heterocycles. The third kappa shape index (κ3) is 5.37. The van der Waals surface area contributed by atoms with E-state index in [1.165, 1.54) is 4.80 Å². The van der Waals surface area contributed by atoms with E-state index >= 15 is 0 Å². The summed E-state index contributed by atoms with van der Waals surface area (Å²) in [4.78, 5) is 15.9. The van der Waals surface area contributed by atoms with Crippen molar-refractivity contribution in [2.24, 2.45) is 11.7 Å². The fourth-order valence-electron chi connectivity index (χ4n) is 3.36. The number of hydrogen-bond donors (Lipinski definition) is 1. The first-order chi connectivity index (χ1) is 13.0. The lowest BCUT2D eigenvalue weighted by molar-refractivity contribution is -0.127. The number of tetrazole rings is 1. The molecular formula is C19H25ClN6O. The van der Waals surface area contributed by atoms with Gasteiger partial charge < -0.3 is 10.6 Å². The van der Waals surface area contributed by atoms with Gasteiger partial charge in [-0.25, -0.2) is 0 Å². The molecule has 0 radical (unpaired) electrons. The van der Waals surface area contributed by atoms with E-state index in [4.69, 9.17) is 17.3 Å². The van der Waals surface area contributed by atoms with Crippen LogP contribution in [0.3, 0.4) is 0 Å². The number of amides is 1. The largest absolute Gasteiger partial charge is 0.339 e. The Kier molecular flexibility index (Phi) is 6.58. The average molecular weight is 389 g/mol. The molecule has 0 saturated carbocycles. The van der Waals surface area contributed by atoms with Gasteiger partial charge in [-0.2, -0.15) is 4.80 Å². The van der Waals surface area contributed by atoms with Crippen molar-refractivity contribution in [3.8, 4) is 0 Å². The van der Waals surface area contributed by atoms with Crippen molar-refractivity contribution in [2.45, 2.75) is 32.7 Å². The number of rotatable bonds is 6. The first-order valence-corrected chi connectivity index (χ1v) is 9.63. The Morgan fingerprint density at radius 2 is 2.15 bits per heavy atom. The van der Waals surface area contributed by atoms with Crippen molar-refractivity contribution < 1.29 is 4.79 Å². The molecule has 0 aliphatic carbocycles. The van der Waals surface area contributed by atoms with Gasteiger partial charge in [0.25, 0.3) is 0 Å². The van der Waals surface area contributed by atoms with Crippen LogP contribution in [0, 0.1) is 12.8 Å². The highest BCUT2D eigenvalue weighted by molar-refractivity contribution is 6.30. The minimum Gasteiger partial charge on any atom is -0.339 e. The summed E-state index contributed by atoms with van der Waals surface area (Å²) >= 11 is 6.14. The van der Waals surface area contributed by atoms with Crippen LogP contribution in [-0.2, 0) is 11.3 Å². The van der Waals surface area contributed by atoms with Crippen molar-refractivity contribution in [3.05, 3.63) is 46.2 Å². The second kappa shape index (κ2) is 9.10. The highest BCUT2D eigenvalue weighted by Gasteiger charge is 2.20. The van der Waals surface area contributed by atoms with Gasteiger partial charge in [-0.1, -0.05) is 17.7 Å². The summed E-state index contributed by atoms with van der Waals surface area (Å²) in [6.45, 7) is 4.54. The highest BCUT2D eigenvalue weighted by atomic mass is 35.5. The molecular weight excluding hydrogens is 364 g/mol. The molecule has 1 fully saturated rings. The maximum atomic E-state index is 12.5. The molecule has 1 aromatic heterocycles. The van der Waals surface area contributed by atoms with Crippen molar-refractivity contribution in [1.29, 1.82) is 0 Å². The molecule has 3 rings (SSSR count). The zero-order valence-electron chi connectivity index (χ0n) is 15.5. The zero-order chi connectivity index (χ0) is 19.2. The standard InChI is InChI=1S/C19H25ClN6O/c1-14-22-24-26(23-14)13-17-12-18(20)4-2-16(17)3-5-19(27)25-10-7-15(6-9-21)8-11-25/h2-5,12,15H,6-11,13,21H2,1H3. The SMILES string of the molecule is Cc1nnn(Cc2cc(Cl)ccc2C=CC(=O)N2CCC(CCN)CC2)n1. The van der Waals surface area contributed by atoms with Gasteiger partial charge in [0.05, 0.1) is 6.54 Å². The number of aryl methyl sites for hydroxylation is 1. The van der Waals surface area contributed by atoms with E-state index in [0.29, 0.717) is 23.3 Å². The maximum Gasteiger partial charge on any atom is 0.246 e. The Hall–Kier alpha value is -2.25. The van der Waals surface area contributed by atoms with Crippen LogP contribution in [0.25, 0.3) is 6.08 Å². The number of nitrogens with two attached hydrogens (primary N) is 1. The second-order valence-corrected chi connectivity index (χ2v) is 7.33. The van der Waals surface area contributed by atoms with Crippen LogP contribution in [0.5, 0.6) is 0 Å². The van der Waals surface area contributed by atoms with Gasteiger partial charge in [-0.05, 0) is 73.2 Å². The molecule has 8 heteroatoms. The maximum absolute atomic E-state index is 12.5. The van der Waals surface area contributed by atoms with Crippen LogP contribution in [0.15, 0.2) is 24.3 Å². The number of carbonyl (C=O) groups is 1. The Bertz CT molecular complexity index is 810. The predicted molar refractivity (Wildman–Crippen MR) is 105 cm³/mol. The minimum absolute atomic E-state index is 0.0387. The van der Waals surface area contributed by atoms with Gasteiger partial charge in [0.1, 0.15) is 0 Å². The lowest BCUT2D eigenvalue weighted by atomic mass is 9.93. The van der Waals surface area contributed by atoms with Crippen LogP contribution < -0.4 is 5.73 Å². The first kappa shape index (κ1) is 19.5. The Morgan fingerprint density at radius 1 is 1.37 bits per heavy atom. The molecule has 2 aromatic rings. The van der Waals surface area contributed by atoms with E-state index in [2.05, 4.69) is 15.4 Å². The fourth-order valence-corrected chi connectivity index (χ4v) is 3.56. The Labute approximate surface area is 164 Å². The number of aromatic nitrogens is 4. The summed E-state index contributed by atoms with van der Waals surface area (Å²) in [6, 6.07) is 5.58. The first-order valence-electron chi connectivity index (χ1n) is 9.25. The molecule has 1 amide bonds. The third-order valence-electron chi connectivity index (χ3n) is 4.88. The fraction of sp³-hybridized carbons (Fsp3) is 0.474. The predicted octanol–water partition coefficient (Wildman–Crippen LogP) is 2.28. The number of benzene rings is 1. The normalized spacial score (nSPS) is 15.6. The number of nitrogens with zero attached hydrogens (tertiary/aromatic N) is 5. The van der Waals surface area contributed by atoms with Crippen LogP contribution in [0.2, 0.25) is 5.02 Å². The lowest BCUT2D eigenvalue weighted by Crippen LogP contribution is -2.37. The van der Waals surface area contributed by atoms with Gasteiger partial charge in [-0.15, -0.1) is 10.2 Å². The quantitative estimate of drug-likeness (QED) is 0.767. The smallest absolute Gasteiger partial charge is 0.246 e. The van der Waals surface area contributed by atoms with E-state index < -0.39 is 0 Å². The molecule has 0 bridgehead atoms. The van der Waals surface area contributed by atoms with E-state index in [1.54, 1.807) is 13.0 Å². The molecule has 1 aliphatic rings. The van der Waals surface area contributed by atoms with E-state index in [9.17, 15) is 4.79 Å². The van der Waals surface area contributed by atoms with Crippen molar-refractivity contribution in [3.63, 3.8) is 0 Å². The van der Waals surface area contributed by atoms with Gasteiger partial charge in [-0.3, -0.25) is 4.79 Å². The minimum atomic E-state index is 0.0387. The topological polar surface area (TPSA) is 89.9 Å². The van der Waals surface area contributed by atoms with Gasteiger partial charge in [0.15, 0.2) is 5.82 Å². The summed E-state index contributed by atoms with van der Waals surface area (Å²) in [7, 11) is 0. The van der Waals surface area contributed by atoms with Crippen LogP contribution in [0.4, 0.5) is 0 Å². The van der Waals surface area contributed by atoms with Crippen molar-refractivity contribution in [2.75, 3.05) is 19.6 Å². The number of halogens is 1. The summed E-state index contributed by atoms with van der Waals surface area (Å²) < 4.78 is 0. The van der Waals surface area contributed by atoms with E-state index in [0.717, 1.165) is 50.0 Å². The lowest BCUT2D eigenvalue weighted by Gasteiger charge is -2.31. The Morgan fingerprint density at radius 3 is 2.81 bits per heavy atom. The molecule has 2 N–H and O–H groups in total. The molecule has 1 aliphatic heterocycles. The van der Waals surface area contributed by atoms with Crippen LogP contribution >= 0.6 is 11.6 Å². The van der Waals surface area contributed by atoms with E-state index in [1.807, 2.05) is 29.2 Å². The summed E-state index contributed by atoms with van der Waals surface area (Å²) in [5.74, 6) is 1.30. The number of carbonyl (C=O) groups excluding carboxylic acids is 1. The van der Waals surface area contributed by atoms with Crippen molar-refractivity contribution in [1.82, 2.24) is 25.1 Å². The van der Waals surface area contributed by atoms with E-state index in [-0.39, 0.29) is 5.91 Å². The molecule has 0 spiro atoms. The van der Waals surface area contributed by atoms with Crippen LogP contribution in [-0.4, -0.2) is 50.6 Å². The van der Waals surface area contributed by atoms with Gasteiger partial charge in [0.2, 0.25) is 5.91 Å². The highest BCUT2D eigenvalue weighted by Crippen LogP contribution is 2.21. The van der Waals surface area contributed by atoms with Crippen LogP contribution in [0.1, 0.15) is 36.2 Å². The number of likely N-dealkylation sites (tertiary alicyclic amines) is 1. The molecule has 144 valence electrons. The molecule has 0 unspecified atom stereocenters. The monoisotopic (exact) mass is 388 g/mol. The molecule has 2 heterocycles. The molecule has 27 heavy (non-hydrogen) atoms. The summed E-state index contributed by atoms with van der Waals surface area (Å²) in [5.41, 5.74) is 7.48. The number of hydrogen-bond acceptors (Lipinski definition) is 5. The Balaban J connectivity index is 1.67. The van der Waals surface area contributed by atoms with Gasteiger partial charge in [0, 0.05) is 24.2 Å². The van der Waals surface area contributed by atoms with Gasteiger partial charge >= 0.3 is 0 Å². The molecule has 7 nitrogen and oxygen atoms in total. The summed E-state index contributed by atoms with van der Waals surface area (Å²) in [5, 5.41) is 12.7. The number of piperidine rings is 1. The second-order valence-electron chi connectivity index (χ2n) is 6.89. The average Bonchev–Trinajstić information content (AvgIpc) is 3.06. The summed E-state index contributed by atoms with van der Waals surface area (Å²) in [6.07, 6.45) is 6.57. The molecule has 1 aromatic carbocycles.